The Morgan fingerprint density at radius 1 is 1.05 bits per heavy atom. The molecule has 0 bridgehead atoms. The second-order valence-corrected chi connectivity index (χ2v) is 4.81. The summed E-state index contributed by atoms with van der Waals surface area (Å²) in [6.45, 7) is 1.99. The first-order chi connectivity index (χ1) is 10.2. The van der Waals surface area contributed by atoms with E-state index in [4.69, 9.17) is 9.15 Å². The molecule has 0 spiro atoms. The Kier molecular flexibility index (Phi) is 3.48. The van der Waals surface area contributed by atoms with E-state index in [1.165, 1.54) is 0 Å². The van der Waals surface area contributed by atoms with Crippen molar-refractivity contribution in [1.29, 1.82) is 0 Å². The van der Waals surface area contributed by atoms with Gasteiger partial charge in [-0.2, -0.15) is 0 Å². The van der Waals surface area contributed by atoms with E-state index in [9.17, 15) is 4.79 Å². The summed E-state index contributed by atoms with van der Waals surface area (Å²) in [7, 11) is 1.62. The van der Waals surface area contributed by atoms with Crippen molar-refractivity contribution in [3.63, 3.8) is 0 Å². The van der Waals surface area contributed by atoms with Gasteiger partial charge in [0.25, 0.3) is 0 Å². The van der Waals surface area contributed by atoms with E-state index >= 15 is 0 Å². The van der Waals surface area contributed by atoms with Crippen LogP contribution in [-0.2, 0) is 6.42 Å². The summed E-state index contributed by atoms with van der Waals surface area (Å²) in [5.41, 5.74) is 2.14. The van der Waals surface area contributed by atoms with Crippen molar-refractivity contribution in [2.24, 2.45) is 0 Å². The fraction of sp³-hybridized carbons (Fsp3) is 0.167. The van der Waals surface area contributed by atoms with E-state index in [1.807, 2.05) is 49.4 Å². The van der Waals surface area contributed by atoms with Crippen LogP contribution in [-0.4, -0.2) is 7.11 Å². The van der Waals surface area contributed by atoms with Crippen molar-refractivity contribution in [2.45, 2.75) is 13.3 Å². The Bertz CT molecular complexity index is 829. The quantitative estimate of drug-likeness (QED) is 0.727. The maximum absolute atomic E-state index is 12.8. The zero-order chi connectivity index (χ0) is 14.8. The molecule has 21 heavy (non-hydrogen) atoms. The molecule has 1 aromatic heterocycles. The van der Waals surface area contributed by atoms with Crippen LogP contribution in [0.1, 0.15) is 12.7 Å². The summed E-state index contributed by atoms with van der Waals surface area (Å²) in [5.74, 6) is 1.48. The summed E-state index contributed by atoms with van der Waals surface area (Å²) in [5, 5.41) is 0.612. The Hall–Kier alpha value is -2.55. The summed E-state index contributed by atoms with van der Waals surface area (Å²) in [6.07, 6.45) is 0.668. The molecule has 0 aliphatic rings. The van der Waals surface area contributed by atoms with E-state index < -0.39 is 0 Å². The van der Waals surface area contributed by atoms with Gasteiger partial charge in [-0.15, -0.1) is 0 Å². The summed E-state index contributed by atoms with van der Waals surface area (Å²) in [6, 6.07) is 14.8. The van der Waals surface area contributed by atoms with Crippen LogP contribution in [0.15, 0.2) is 57.7 Å². The molecule has 0 saturated carbocycles. The number of ether oxygens (including phenoxy) is 1. The molecule has 0 fully saturated rings. The number of aryl methyl sites for hydroxylation is 1. The Morgan fingerprint density at radius 2 is 1.76 bits per heavy atom. The first kappa shape index (κ1) is 13.4. The zero-order valence-corrected chi connectivity index (χ0v) is 12.1. The molecule has 2 aromatic carbocycles. The van der Waals surface area contributed by atoms with Crippen LogP contribution in [0.4, 0.5) is 0 Å². The molecule has 3 nitrogen and oxygen atoms in total. The molecule has 0 atom stereocenters. The number of para-hydroxylation sites is 1. The summed E-state index contributed by atoms with van der Waals surface area (Å²) < 4.78 is 11.1. The molecule has 0 amide bonds. The third kappa shape index (κ3) is 2.31. The molecule has 0 unspecified atom stereocenters. The SMILES string of the molecule is CCc1oc2ccccc2c(=O)c1-c1ccc(OC)cc1. The Balaban J connectivity index is 2.29. The molecule has 3 rings (SSSR count). The minimum absolute atomic E-state index is 0.0128. The fourth-order valence-corrected chi connectivity index (χ4v) is 2.49. The van der Waals surface area contributed by atoms with Crippen LogP contribution in [0.2, 0.25) is 0 Å². The lowest BCUT2D eigenvalue weighted by Gasteiger charge is -2.09. The monoisotopic (exact) mass is 280 g/mol. The number of hydrogen-bond acceptors (Lipinski definition) is 3. The molecule has 1 heterocycles. The minimum Gasteiger partial charge on any atom is -0.497 e. The maximum Gasteiger partial charge on any atom is 0.200 e. The molecule has 0 aliphatic carbocycles. The van der Waals surface area contributed by atoms with Crippen molar-refractivity contribution in [3.8, 4) is 16.9 Å². The highest BCUT2D eigenvalue weighted by molar-refractivity contribution is 5.82. The highest BCUT2D eigenvalue weighted by atomic mass is 16.5. The number of benzene rings is 2. The zero-order valence-electron chi connectivity index (χ0n) is 12.1. The molecular weight excluding hydrogens is 264 g/mol. The highest BCUT2D eigenvalue weighted by Crippen LogP contribution is 2.26. The largest absolute Gasteiger partial charge is 0.497 e. The molecule has 0 aliphatic heterocycles. The lowest BCUT2D eigenvalue weighted by molar-refractivity contribution is 0.415. The fourth-order valence-electron chi connectivity index (χ4n) is 2.49. The Labute approximate surface area is 122 Å². The maximum atomic E-state index is 12.8. The van der Waals surface area contributed by atoms with E-state index in [2.05, 4.69) is 0 Å². The van der Waals surface area contributed by atoms with Crippen molar-refractivity contribution in [3.05, 3.63) is 64.5 Å². The van der Waals surface area contributed by atoms with Gasteiger partial charge in [0.15, 0.2) is 0 Å². The van der Waals surface area contributed by atoms with E-state index in [-0.39, 0.29) is 5.43 Å². The van der Waals surface area contributed by atoms with E-state index in [1.54, 1.807) is 13.2 Å². The van der Waals surface area contributed by atoms with Crippen LogP contribution in [0.3, 0.4) is 0 Å². The second-order valence-electron chi connectivity index (χ2n) is 4.81. The van der Waals surface area contributed by atoms with Gasteiger partial charge in [0.1, 0.15) is 17.1 Å². The van der Waals surface area contributed by atoms with Gasteiger partial charge in [0.2, 0.25) is 5.43 Å². The van der Waals surface area contributed by atoms with Gasteiger partial charge in [-0.25, -0.2) is 0 Å². The van der Waals surface area contributed by atoms with Crippen molar-refractivity contribution in [2.75, 3.05) is 7.11 Å². The highest BCUT2D eigenvalue weighted by Gasteiger charge is 2.14. The van der Waals surface area contributed by atoms with Crippen LogP contribution < -0.4 is 10.2 Å². The van der Waals surface area contributed by atoms with Gasteiger partial charge in [0, 0.05) is 6.42 Å². The van der Waals surface area contributed by atoms with Crippen molar-refractivity contribution >= 4 is 11.0 Å². The minimum atomic E-state index is 0.0128. The number of hydrogen-bond donors (Lipinski definition) is 0. The van der Waals surface area contributed by atoms with Crippen molar-refractivity contribution < 1.29 is 9.15 Å². The van der Waals surface area contributed by atoms with Gasteiger partial charge >= 0.3 is 0 Å². The number of methoxy groups -OCH3 is 1. The molecular formula is C18H16O3. The topological polar surface area (TPSA) is 39.4 Å². The molecule has 3 heteroatoms. The van der Waals surface area contributed by atoms with E-state index in [0.717, 1.165) is 11.3 Å². The first-order valence-corrected chi connectivity index (χ1v) is 6.93. The smallest absolute Gasteiger partial charge is 0.200 e. The molecule has 0 saturated heterocycles. The predicted molar refractivity (Wildman–Crippen MR) is 83.9 cm³/mol. The molecule has 106 valence electrons. The predicted octanol–water partition coefficient (Wildman–Crippen LogP) is 4.03. The second kappa shape index (κ2) is 5.44. The van der Waals surface area contributed by atoms with Gasteiger partial charge in [-0.3, -0.25) is 4.79 Å². The average molecular weight is 280 g/mol. The molecule has 0 radical (unpaired) electrons. The van der Waals surface area contributed by atoms with Gasteiger partial charge in [-0.05, 0) is 29.8 Å². The normalized spacial score (nSPS) is 10.8. The van der Waals surface area contributed by atoms with Crippen LogP contribution >= 0.6 is 0 Å². The van der Waals surface area contributed by atoms with Crippen LogP contribution in [0.25, 0.3) is 22.1 Å². The summed E-state index contributed by atoms with van der Waals surface area (Å²) >= 11 is 0. The number of fused-ring (bicyclic) bond motifs is 1. The lowest BCUT2D eigenvalue weighted by atomic mass is 10.0. The van der Waals surface area contributed by atoms with Crippen LogP contribution in [0.5, 0.6) is 5.75 Å². The van der Waals surface area contributed by atoms with Crippen molar-refractivity contribution in [1.82, 2.24) is 0 Å². The van der Waals surface area contributed by atoms with E-state index in [0.29, 0.717) is 28.7 Å². The first-order valence-electron chi connectivity index (χ1n) is 6.93. The third-order valence-corrected chi connectivity index (χ3v) is 3.57. The lowest BCUT2D eigenvalue weighted by Crippen LogP contribution is -2.08. The summed E-state index contributed by atoms with van der Waals surface area (Å²) in [4.78, 5) is 12.8. The van der Waals surface area contributed by atoms with Gasteiger partial charge < -0.3 is 9.15 Å². The Morgan fingerprint density at radius 3 is 2.43 bits per heavy atom. The molecule has 3 aromatic rings. The van der Waals surface area contributed by atoms with Gasteiger partial charge in [0.05, 0.1) is 18.1 Å². The average Bonchev–Trinajstić information content (AvgIpc) is 2.55. The van der Waals surface area contributed by atoms with Gasteiger partial charge in [-0.1, -0.05) is 31.2 Å². The molecule has 0 N–H and O–H groups in total. The third-order valence-electron chi connectivity index (χ3n) is 3.57. The van der Waals surface area contributed by atoms with Crippen LogP contribution in [0, 0.1) is 0 Å². The number of rotatable bonds is 3. The standard InChI is InChI=1S/C18H16O3/c1-3-15-17(12-8-10-13(20-2)11-9-12)18(19)14-6-4-5-7-16(14)21-15/h4-11H,3H2,1-2H3.